The number of methoxy groups -OCH3 is 2. The lowest BCUT2D eigenvalue weighted by atomic mass is 10.2. The molecule has 0 atom stereocenters. The van der Waals surface area contributed by atoms with E-state index in [1.165, 1.54) is 15.9 Å². The van der Waals surface area contributed by atoms with Crippen LogP contribution in [-0.4, -0.2) is 33.8 Å². The van der Waals surface area contributed by atoms with Gasteiger partial charge in [0, 0.05) is 23.5 Å². The molecule has 26 heavy (non-hydrogen) atoms. The molecule has 0 N–H and O–H groups in total. The van der Waals surface area contributed by atoms with Crippen molar-refractivity contribution in [1.29, 1.82) is 0 Å². The van der Waals surface area contributed by atoms with Gasteiger partial charge in [-0.3, -0.25) is 9.78 Å². The molecule has 0 radical (unpaired) electrons. The van der Waals surface area contributed by atoms with Crippen molar-refractivity contribution in [2.24, 2.45) is 0 Å². The first-order chi connectivity index (χ1) is 12.7. The molecule has 0 bridgehead atoms. The third-order valence-corrected chi connectivity index (χ3v) is 4.80. The van der Waals surface area contributed by atoms with Gasteiger partial charge in [-0.15, -0.1) is 5.10 Å². The highest BCUT2D eigenvalue weighted by Crippen LogP contribution is 2.31. The Hall–Kier alpha value is -3.26. The highest BCUT2D eigenvalue weighted by atomic mass is 32.1. The fraction of sp³-hybridized carbons (Fsp3) is 0.111. The Labute approximate surface area is 152 Å². The summed E-state index contributed by atoms with van der Waals surface area (Å²) in [7, 11) is 3.14. The first-order valence-electron chi connectivity index (χ1n) is 7.74. The maximum atomic E-state index is 12.7. The highest BCUT2D eigenvalue weighted by molar-refractivity contribution is 7.15. The monoisotopic (exact) mass is 366 g/mol. The molecule has 4 rings (SSSR count). The summed E-state index contributed by atoms with van der Waals surface area (Å²) in [5, 5.41) is 4.32. The van der Waals surface area contributed by atoms with Crippen molar-refractivity contribution in [1.82, 2.24) is 19.6 Å². The van der Waals surface area contributed by atoms with E-state index in [2.05, 4.69) is 15.1 Å². The lowest BCUT2D eigenvalue weighted by Crippen LogP contribution is -2.23. The standard InChI is InChI=1S/C18H14N4O3S/c1-24-13-5-3-4-12(15(13)25-2)10-14-17(23)22-18(26-14)20-16(21-22)11-6-8-19-9-7-11/h3-10H,1-2H3. The van der Waals surface area contributed by atoms with Gasteiger partial charge >= 0.3 is 0 Å². The zero-order valence-electron chi connectivity index (χ0n) is 14.0. The van der Waals surface area contributed by atoms with Crippen LogP contribution in [0.1, 0.15) is 5.56 Å². The smallest absolute Gasteiger partial charge is 0.291 e. The van der Waals surface area contributed by atoms with E-state index in [0.29, 0.717) is 26.8 Å². The topological polar surface area (TPSA) is 78.6 Å². The average molecular weight is 366 g/mol. The molecular weight excluding hydrogens is 352 g/mol. The molecule has 4 aromatic rings. The van der Waals surface area contributed by atoms with Crippen LogP contribution < -0.4 is 19.6 Å². The largest absolute Gasteiger partial charge is 0.493 e. The molecule has 0 fully saturated rings. The number of aromatic nitrogens is 4. The van der Waals surface area contributed by atoms with Gasteiger partial charge in [-0.1, -0.05) is 23.5 Å². The number of hydrogen-bond acceptors (Lipinski definition) is 7. The van der Waals surface area contributed by atoms with Gasteiger partial charge in [-0.05, 0) is 24.3 Å². The molecule has 130 valence electrons. The van der Waals surface area contributed by atoms with Gasteiger partial charge in [-0.25, -0.2) is 0 Å². The molecule has 3 heterocycles. The van der Waals surface area contributed by atoms with E-state index in [1.54, 1.807) is 50.9 Å². The maximum Gasteiger partial charge on any atom is 0.291 e. The second kappa shape index (κ2) is 6.57. The number of pyridine rings is 1. The molecule has 0 saturated carbocycles. The van der Waals surface area contributed by atoms with Crippen LogP contribution in [0.3, 0.4) is 0 Å². The summed E-state index contributed by atoms with van der Waals surface area (Å²) in [5.41, 5.74) is 1.35. The van der Waals surface area contributed by atoms with Crippen molar-refractivity contribution in [3.63, 3.8) is 0 Å². The summed E-state index contributed by atoms with van der Waals surface area (Å²) in [6, 6.07) is 9.11. The van der Waals surface area contributed by atoms with E-state index < -0.39 is 0 Å². The second-order valence-corrected chi connectivity index (χ2v) is 6.37. The van der Waals surface area contributed by atoms with E-state index in [0.717, 1.165) is 11.1 Å². The minimum absolute atomic E-state index is 0.220. The van der Waals surface area contributed by atoms with Crippen LogP contribution in [0.25, 0.3) is 22.4 Å². The van der Waals surface area contributed by atoms with Gasteiger partial charge in [0.25, 0.3) is 5.56 Å². The summed E-state index contributed by atoms with van der Waals surface area (Å²) in [6.45, 7) is 0. The summed E-state index contributed by atoms with van der Waals surface area (Å²) in [5.74, 6) is 1.68. The normalized spacial score (nSPS) is 11.8. The number of para-hydroxylation sites is 1. The number of fused-ring (bicyclic) bond motifs is 1. The van der Waals surface area contributed by atoms with Crippen LogP contribution in [-0.2, 0) is 0 Å². The SMILES string of the molecule is COc1cccc(C=c2sc3nc(-c4ccncc4)nn3c2=O)c1OC. The Kier molecular flexibility index (Phi) is 4.10. The summed E-state index contributed by atoms with van der Waals surface area (Å²) in [6.07, 6.45) is 5.09. The minimum atomic E-state index is -0.220. The second-order valence-electron chi connectivity index (χ2n) is 5.36. The summed E-state index contributed by atoms with van der Waals surface area (Å²) >= 11 is 1.28. The molecule has 0 spiro atoms. The molecule has 7 nitrogen and oxygen atoms in total. The lowest BCUT2D eigenvalue weighted by Gasteiger charge is -2.09. The van der Waals surface area contributed by atoms with Gasteiger partial charge in [0.05, 0.1) is 18.8 Å². The van der Waals surface area contributed by atoms with Gasteiger partial charge in [0.15, 0.2) is 17.3 Å². The van der Waals surface area contributed by atoms with Crippen molar-refractivity contribution >= 4 is 22.4 Å². The third kappa shape index (κ3) is 2.70. The number of nitrogens with zero attached hydrogens (tertiary/aromatic N) is 4. The zero-order chi connectivity index (χ0) is 18.1. The van der Waals surface area contributed by atoms with Crippen LogP contribution in [0.2, 0.25) is 0 Å². The molecule has 0 unspecified atom stereocenters. The Bertz CT molecular complexity index is 1180. The highest BCUT2D eigenvalue weighted by Gasteiger charge is 2.13. The van der Waals surface area contributed by atoms with Crippen molar-refractivity contribution in [3.05, 3.63) is 63.2 Å². The fourth-order valence-corrected chi connectivity index (χ4v) is 3.52. The van der Waals surface area contributed by atoms with Gasteiger partial charge in [0.1, 0.15) is 0 Å². The lowest BCUT2D eigenvalue weighted by molar-refractivity contribution is 0.354. The van der Waals surface area contributed by atoms with Crippen molar-refractivity contribution in [2.45, 2.75) is 0 Å². The van der Waals surface area contributed by atoms with E-state index in [9.17, 15) is 4.79 Å². The Morgan fingerprint density at radius 3 is 2.62 bits per heavy atom. The summed E-state index contributed by atoms with van der Waals surface area (Å²) in [4.78, 5) is 21.6. The molecule has 0 aliphatic heterocycles. The maximum absolute atomic E-state index is 12.7. The minimum Gasteiger partial charge on any atom is -0.493 e. The Balaban J connectivity index is 1.84. The molecule has 1 aromatic carbocycles. The van der Waals surface area contributed by atoms with E-state index in [1.807, 2.05) is 12.1 Å². The molecule has 3 aromatic heterocycles. The zero-order valence-corrected chi connectivity index (χ0v) is 14.9. The molecule has 0 aliphatic carbocycles. The summed E-state index contributed by atoms with van der Waals surface area (Å²) < 4.78 is 12.6. The number of rotatable bonds is 4. The van der Waals surface area contributed by atoms with E-state index in [4.69, 9.17) is 9.47 Å². The predicted molar refractivity (Wildman–Crippen MR) is 98.7 cm³/mol. The van der Waals surface area contributed by atoms with Crippen molar-refractivity contribution in [3.8, 4) is 22.9 Å². The first kappa shape index (κ1) is 16.2. The van der Waals surface area contributed by atoms with Crippen LogP contribution >= 0.6 is 11.3 Å². The predicted octanol–water partition coefficient (Wildman–Crippen LogP) is 1.78. The number of benzene rings is 1. The third-order valence-electron chi connectivity index (χ3n) is 3.84. The fourth-order valence-electron chi connectivity index (χ4n) is 2.62. The van der Waals surface area contributed by atoms with Gasteiger partial charge < -0.3 is 9.47 Å². The van der Waals surface area contributed by atoms with Crippen LogP contribution in [0.5, 0.6) is 11.5 Å². The van der Waals surface area contributed by atoms with Crippen molar-refractivity contribution in [2.75, 3.05) is 14.2 Å². The Morgan fingerprint density at radius 1 is 1.12 bits per heavy atom. The van der Waals surface area contributed by atoms with Gasteiger partial charge in [-0.2, -0.15) is 9.50 Å². The van der Waals surface area contributed by atoms with E-state index >= 15 is 0 Å². The van der Waals surface area contributed by atoms with Gasteiger partial charge in [0.2, 0.25) is 4.96 Å². The van der Waals surface area contributed by atoms with Crippen LogP contribution in [0, 0.1) is 0 Å². The van der Waals surface area contributed by atoms with Crippen LogP contribution in [0.4, 0.5) is 0 Å². The molecule has 0 aliphatic rings. The Morgan fingerprint density at radius 2 is 1.92 bits per heavy atom. The molecule has 0 saturated heterocycles. The molecule has 8 heteroatoms. The molecular formula is C18H14N4O3S. The van der Waals surface area contributed by atoms with Crippen LogP contribution in [0.15, 0.2) is 47.5 Å². The molecule has 0 amide bonds. The van der Waals surface area contributed by atoms with E-state index in [-0.39, 0.29) is 5.56 Å². The quantitative estimate of drug-likeness (QED) is 0.548. The number of hydrogen-bond donors (Lipinski definition) is 0. The van der Waals surface area contributed by atoms with Crippen molar-refractivity contribution < 1.29 is 9.47 Å². The number of ether oxygens (including phenoxy) is 2. The number of thiazole rings is 1. The average Bonchev–Trinajstić information content (AvgIpc) is 3.22. The first-order valence-corrected chi connectivity index (χ1v) is 8.55.